The molecule has 1 aromatic heterocycles. The van der Waals surface area contributed by atoms with Gasteiger partial charge in [-0.3, -0.25) is 20.4 Å². The zero-order valence-electron chi connectivity index (χ0n) is 15.3. The summed E-state index contributed by atoms with van der Waals surface area (Å²) in [5.41, 5.74) is 7.15. The first-order valence-corrected chi connectivity index (χ1v) is 9.15. The Morgan fingerprint density at radius 1 is 1.14 bits per heavy atom. The number of benzene rings is 2. The Kier molecular flexibility index (Phi) is 6.44. The largest absolute Gasteiger partial charge is 0.493 e. The Balaban J connectivity index is 1.36. The van der Waals surface area contributed by atoms with Gasteiger partial charge in [0.2, 0.25) is 5.91 Å². The quantitative estimate of drug-likeness (QED) is 0.468. The Hall–Kier alpha value is -3.13. The molecule has 0 aliphatic carbocycles. The van der Waals surface area contributed by atoms with Crippen LogP contribution >= 0.6 is 11.6 Å². The zero-order valence-corrected chi connectivity index (χ0v) is 16.1. The minimum Gasteiger partial charge on any atom is -0.493 e. The van der Waals surface area contributed by atoms with Gasteiger partial charge in [0.15, 0.2) is 0 Å². The molecule has 0 aliphatic heterocycles. The maximum Gasteiger partial charge on any atom is 0.260 e. The minimum atomic E-state index is -0.392. The first-order chi connectivity index (χ1) is 13.5. The van der Waals surface area contributed by atoms with Crippen LogP contribution in [0, 0.1) is 6.92 Å². The summed E-state index contributed by atoms with van der Waals surface area (Å²) in [5.74, 6) is 0.0449. The molecule has 1 heterocycles. The van der Waals surface area contributed by atoms with Gasteiger partial charge in [0.1, 0.15) is 17.8 Å². The van der Waals surface area contributed by atoms with E-state index in [4.69, 9.17) is 16.3 Å². The fraction of sp³-hybridized carbons (Fsp3) is 0.263. The van der Waals surface area contributed by atoms with Gasteiger partial charge in [0.25, 0.3) is 5.91 Å². The van der Waals surface area contributed by atoms with Crippen LogP contribution in [-0.4, -0.2) is 33.4 Å². The van der Waals surface area contributed by atoms with Crippen LogP contribution in [0.15, 0.2) is 42.5 Å². The molecular formula is C19H20ClN5O3. The molecule has 146 valence electrons. The van der Waals surface area contributed by atoms with Crippen LogP contribution in [0.4, 0.5) is 0 Å². The molecule has 0 fully saturated rings. The molecule has 28 heavy (non-hydrogen) atoms. The number of aromatic nitrogens is 3. The zero-order chi connectivity index (χ0) is 19.9. The third-order valence-electron chi connectivity index (χ3n) is 4.00. The number of para-hydroxylation sites is 1. The summed E-state index contributed by atoms with van der Waals surface area (Å²) < 4.78 is 7.11. The number of amides is 2. The van der Waals surface area contributed by atoms with E-state index in [1.54, 1.807) is 12.1 Å². The molecule has 0 spiro atoms. The van der Waals surface area contributed by atoms with Gasteiger partial charge in [0, 0.05) is 11.4 Å². The highest BCUT2D eigenvalue weighted by atomic mass is 35.5. The van der Waals surface area contributed by atoms with E-state index in [9.17, 15) is 9.59 Å². The number of ether oxygens (including phenoxy) is 1. The average Bonchev–Trinajstić information content (AvgIpc) is 3.08. The van der Waals surface area contributed by atoms with Crippen LogP contribution in [-0.2, 0) is 16.1 Å². The van der Waals surface area contributed by atoms with Crippen LogP contribution in [0.25, 0.3) is 11.0 Å². The first-order valence-electron chi connectivity index (χ1n) is 8.78. The van der Waals surface area contributed by atoms with E-state index in [-0.39, 0.29) is 18.9 Å². The van der Waals surface area contributed by atoms with Gasteiger partial charge in [-0.2, -0.15) is 0 Å². The molecule has 3 rings (SSSR count). The number of hydrazine groups is 1. The van der Waals surface area contributed by atoms with Crippen molar-refractivity contribution >= 4 is 34.4 Å². The molecule has 0 saturated heterocycles. The van der Waals surface area contributed by atoms with E-state index < -0.39 is 5.91 Å². The summed E-state index contributed by atoms with van der Waals surface area (Å²) in [6.45, 7) is 2.25. The summed E-state index contributed by atoms with van der Waals surface area (Å²) in [6, 6.07) is 12.7. The van der Waals surface area contributed by atoms with Crippen molar-refractivity contribution in [3.8, 4) is 5.75 Å². The van der Waals surface area contributed by atoms with Gasteiger partial charge in [-0.15, -0.1) is 5.10 Å². The second-order valence-corrected chi connectivity index (χ2v) is 6.63. The highest BCUT2D eigenvalue weighted by Crippen LogP contribution is 2.21. The second kappa shape index (κ2) is 9.18. The standard InChI is InChI=1S/C19H20ClN5O3/c1-13-11-14(20)8-9-17(13)28-10-4-7-18(26)22-23-19(27)12-25-16-6-3-2-5-15(16)21-24-25/h2-3,5-6,8-9,11H,4,7,10,12H2,1H3,(H,22,26)(H,23,27). The average molecular weight is 402 g/mol. The molecule has 0 unspecified atom stereocenters. The Bertz CT molecular complexity index is 989. The van der Waals surface area contributed by atoms with Gasteiger partial charge >= 0.3 is 0 Å². The molecule has 9 heteroatoms. The van der Waals surface area contributed by atoms with Crippen molar-refractivity contribution in [1.29, 1.82) is 0 Å². The van der Waals surface area contributed by atoms with Crippen LogP contribution < -0.4 is 15.6 Å². The number of nitrogens with one attached hydrogen (secondary N) is 2. The lowest BCUT2D eigenvalue weighted by Gasteiger charge is -2.10. The summed E-state index contributed by atoms with van der Waals surface area (Å²) in [4.78, 5) is 23.8. The normalized spacial score (nSPS) is 10.6. The van der Waals surface area contributed by atoms with E-state index in [2.05, 4.69) is 21.2 Å². The summed E-state index contributed by atoms with van der Waals surface area (Å²) in [5, 5.41) is 8.56. The molecule has 0 atom stereocenters. The molecule has 2 amide bonds. The van der Waals surface area contributed by atoms with E-state index in [1.165, 1.54) is 4.68 Å². The second-order valence-electron chi connectivity index (χ2n) is 6.19. The number of halogens is 1. The van der Waals surface area contributed by atoms with Crippen molar-refractivity contribution < 1.29 is 14.3 Å². The van der Waals surface area contributed by atoms with Crippen molar-refractivity contribution in [3.63, 3.8) is 0 Å². The predicted octanol–water partition coefficient (Wildman–Crippen LogP) is 2.40. The first kappa shape index (κ1) is 19.6. The summed E-state index contributed by atoms with van der Waals surface area (Å²) >= 11 is 5.90. The summed E-state index contributed by atoms with van der Waals surface area (Å²) in [7, 11) is 0. The van der Waals surface area contributed by atoms with E-state index in [0.717, 1.165) is 16.8 Å². The number of aryl methyl sites for hydroxylation is 1. The van der Waals surface area contributed by atoms with E-state index in [1.807, 2.05) is 37.3 Å². The van der Waals surface area contributed by atoms with Crippen LogP contribution in [0.3, 0.4) is 0 Å². The van der Waals surface area contributed by atoms with Crippen LogP contribution in [0.2, 0.25) is 5.02 Å². The molecule has 2 N–H and O–H groups in total. The number of carbonyl (C=O) groups excluding carboxylic acids is 2. The van der Waals surface area contributed by atoms with Gasteiger partial charge in [-0.05, 0) is 49.2 Å². The topological polar surface area (TPSA) is 98.1 Å². The summed E-state index contributed by atoms with van der Waals surface area (Å²) in [6.07, 6.45) is 0.733. The SMILES string of the molecule is Cc1cc(Cl)ccc1OCCCC(=O)NNC(=O)Cn1nnc2ccccc21. The number of carbonyl (C=O) groups is 2. The third kappa shape index (κ3) is 5.20. The maximum atomic E-state index is 12.0. The van der Waals surface area contributed by atoms with Crippen LogP contribution in [0.5, 0.6) is 5.75 Å². The lowest BCUT2D eigenvalue weighted by molar-refractivity contribution is -0.129. The maximum absolute atomic E-state index is 12.0. The van der Waals surface area contributed by atoms with Gasteiger partial charge < -0.3 is 4.74 Å². The van der Waals surface area contributed by atoms with Gasteiger partial charge in [-0.25, -0.2) is 4.68 Å². The number of fused-ring (bicyclic) bond motifs is 1. The molecular weight excluding hydrogens is 382 g/mol. The number of hydrogen-bond donors (Lipinski definition) is 2. The molecule has 0 bridgehead atoms. The fourth-order valence-corrected chi connectivity index (χ4v) is 2.83. The molecule has 0 aliphatic rings. The highest BCUT2D eigenvalue weighted by molar-refractivity contribution is 6.30. The van der Waals surface area contributed by atoms with Gasteiger partial charge in [0.05, 0.1) is 12.1 Å². The molecule has 3 aromatic rings. The minimum absolute atomic E-state index is 0.0419. The molecule has 0 radical (unpaired) electrons. The Morgan fingerprint density at radius 3 is 2.75 bits per heavy atom. The van der Waals surface area contributed by atoms with Crippen molar-refractivity contribution in [2.24, 2.45) is 0 Å². The molecule has 0 saturated carbocycles. The van der Waals surface area contributed by atoms with Crippen molar-refractivity contribution in [3.05, 3.63) is 53.1 Å². The van der Waals surface area contributed by atoms with Crippen molar-refractivity contribution in [1.82, 2.24) is 25.8 Å². The predicted molar refractivity (Wildman–Crippen MR) is 105 cm³/mol. The Morgan fingerprint density at radius 2 is 1.93 bits per heavy atom. The fourth-order valence-electron chi connectivity index (χ4n) is 2.60. The number of rotatable bonds is 7. The Labute approximate surface area is 166 Å². The lowest BCUT2D eigenvalue weighted by Crippen LogP contribution is -2.43. The third-order valence-corrected chi connectivity index (χ3v) is 4.23. The van der Waals surface area contributed by atoms with E-state index >= 15 is 0 Å². The van der Waals surface area contributed by atoms with E-state index in [0.29, 0.717) is 23.6 Å². The monoisotopic (exact) mass is 401 g/mol. The lowest BCUT2D eigenvalue weighted by atomic mass is 10.2. The molecule has 8 nitrogen and oxygen atoms in total. The van der Waals surface area contributed by atoms with Gasteiger partial charge in [-0.1, -0.05) is 28.9 Å². The number of nitrogens with zero attached hydrogens (tertiary/aromatic N) is 3. The van der Waals surface area contributed by atoms with Crippen LogP contribution in [0.1, 0.15) is 18.4 Å². The molecule has 2 aromatic carbocycles. The highest BCUT2D eigenvalue weighted by Gasteiger charge is 2.09. The van der Waals surface area contributed by atoms with Crippen molar-refractivity contribution in [2.75, 3.05) is 6.61 Å². The van der Waals surface area contributed by atoms with Crippen molar-refractivity contribution in [2.45, 2.75) is 26.3 Å². The number of hydrogen-bond acceptors (Lipinski definition) is 5. The smallest absolute Gasteiger partial charge is 0.260 e.